The molecule has 88 valence electrons. The highest BCUT2D eigenvalue weighted by atomic mass is 16.5. The first-order valence-corrected chi connectivity index (χ1v) is 4.83. The Labute approximate surface area is 96.1 Å². The highest BCUT2D eigenvalue weighted by Crippen LogP contribution is 2.18. The van der Waals surface area contributed by atoms with Crippen molar-refractivity contribution in [2.24, 2.45) is 5.73 Å². The van der Waals surface area contributed by atoms with E-state index in [4.69, 9.17) is 4.74 Å². The molecule has 0 aliphatic rings. The molecule has 0 atom stereocenters. The summed E-state index contributed by atoms with van der Waals surface area (Å²) in [5.41, 5.74) is 5.87. The maximum atomic E-state index is 11.4. The Morgan fingerprint density at radius 3 is 2.56 bits per heavy atom. The van der Waals surface area contributed by atoms with Crippen LogP contribution in [-0.2, 0) is 0 Å². The van der Waals surface area contributed by atoms with Crippen molar-refractivity contribution >= 4 is 12.0 Å². The zero-order chi connectivity index (χ0) is 12.6. The number of amides is 1. The predicted octanol–water partition coefficient (Wildman–Crippen LogP) is 1.27. The van der Waals surface area contributed by atoms with Crippen LogP contribution in [0.3, 0.4) is 0 Å². The molecule has 0 radical (unpaired) electrons. The van der Waals surface area contributed by atoms with Gasteiger partial charge in [0.2, 0.25) is 0 Å². The molecule has 4 heteroatoms. The second-order valence-electron chi connectivity index (χ2n) is 2.74. The molecule has 0 spiro atoms. The maximum absolute atomic E-state index is 11.4. The molecule has 1 rings (SSSR count). The third kappa shape index (κ3) is 3.40. The van der Waals surface area contributed by atoms with Crippen molar-refractivity contribution in [1.82, 2.24) is 5.32 Å². The molecule has 1 amide bonds. The van der Waals surface area contributed by atoms with Crippen molar-refractivity contribution in [2.45, 2.75) is 0 Å². The van der Waals surface area contributed by atoms with Crippen LogP contribution in [0, 0.1) is 0 Å². The van der Waals surface area contributed by atoms with E-state index in [0.29, 0.717) is 11.3 Å². The fourth-order valence-corrected chi connectivity index (χ4v) is 1.18. The van der Waals surface area contributed by atoms with E-state index in [9.17, 15) is 4.79 Å². The van der Waals surface area contributed by atoms with Gasteiger partial charge in [-0.3, -0.25) is 4.79 Å². The van der Waals surface area contributed by atoms with Crippen LogP contribution in [0.1, 0.15) is 15.9 Å². The number of benzene rings is 1. The molecule has 0 unspecified atom stereocenters. The lowest BCUT2D eigenvalue weighted by atomic mass is 10.1. The molecule has 16 heavy (non-hydrogen) atoms. The molecule has 3 N–H and O–H groups in total. The van der Waals surface area contributed by atoms with E-state index in [2.05, 4.69) is 17.6 Å². The van der Waals surface area contributed by atoms with Gasteiger partial charge >= 0.3 is 0 Å². The molecule has 0 saturated carbocycles. The monoisotopic (exact) mass is 222 g/mol. The number of carbonyl (C=O) groups excluding carboxylic acids is 1. The molecule has 0 fully saturated rings. The SMILES string of the molecule is C=Cc1cc(OC)ccc1C(=O)NC.CN. The first kappa shape index (κ1) is 14.2. The topological polar surface area (TPSA) is 64.3 Å². The maximum Gasteiger partial charge on any atom is 0.251 e. The van der Waals surface area contributed by atoms with Gasteiger partial charge in [0.1, 0.15) is 5.75 Å². The highest BCUT2D eigenvalue weighted by Gasteiger charge is 2.08. The molecule has 0 aliphatic carbocycles. The standard InChI is InChI=1S/C11H13NO2.CH5N/c1-4-8-7-9(14-3)5-6-10(8)11(13)12-2;1-2/h4-7H,1H2,2-3H3,(H,12,13);2H2,1H3. The van der Waals surface area contributed by atoms with E-state index in [1.807, 2.05) is 0 Å². The molecular formula is C12H18N2O2. The van der Waals surface area contributed by atoms with Crippen LogP contribution < -0.4 is 15.8 Å². The fourth-order valence-electron chi connectivity index (χ4n) is 1.18. The molecule has 0 aromatic heterocycles. The van der Waals surface area contributed by atoms with Crippen molar-refractivity contribution < 1.29 is 9.53 Å². The summed E-state index contributed by atoms with van der Waals surface area (Å²) in [6.45, 7) is 3.65. The predicted molar refractivity (Wildman–Crippen MR) is 66.6 cm³/mol. The van der Waals surface area contributed by atoms with Gasteiger partial charge in [0, 0.05) is 12.6 Å². The van der Waals surface area contributed by atoms with Crippen LogP contribution in [-0.4, -0.2) is 27.1 Å². The van der Waals surface area contributed by atoms with Crippen LogP contribution in [0.25, 0.3) is 6.08 Å². The normalized spacial score (nSPS) is 8.50. The molecule has 0 heterocycles. The molecule has 0 bridgehead atoms. The smallest absolute Gasteiger partial charge is 0.251 e. The number of ether oxygens (including phenoxy) is 1. The van der Waals surface area contributed by atoms with Crippen molar-refractivity contribution in [1.29, 1.82) is 0 Å². The Kier molecular flexibility index (Phi) is 6.63. The van der Waals surface area contributed by atoms with Gasteiger partial charge in [-0.05, 0) is 30.8 Å². The summed E-state index contributed by atoms with van der Waals surface area (Å²) in [4.78, 5) is 11.4. The molecule has 0 saturated heterocycles. The average Bonchev–Trinajstić information content (AvgIpc) is 2.39. The summed E-state index contributed by atoms with van der Waals surface area (Å²) in [5.74, 6) is 0.593. The Bertz CT molecular complexity index is 362. The van der Waals surface area contributed by atoms with Gasteiger partial charge in [0.15, 0.2) is 0 Å². The van der Waals surface area contributed by atoms with Gasteiger partial charge in [-0.2, -0.15) is 0 Å². The number of rotatable bonds is 3. The first-order valence-electron chi connectivity index (χ1n) is 4.83. The molecule has 4 nitrogen and oxygen atoms in total. The zero-order valence-corrected chi connectivity index (χ0v) is 9.91. The minimum Gasteiger partial charge on any atom is -0.497 e. The number of carbonyl (C=O) groups is 1. The highest BCUT2D eigenvalue weighted by molar-refractivity contribution is 5.97. The molecular weight excluding hydrogens is 204 g/mol. The van der Waals surface area contributed by atoms with Crippen molar-refractivity contribution in [2.75, 3.05) is 21.2 Å². The number of nitrogens with two attached hydrogens (primary N) is 1. The fraction of sp³-hybridized carbons (Fsp3) is 0.250. The third-order valence-corrected chi connectivity index (χ3v) is 1.95. The van der Waals surface area contributed by atoms with E-state index in [1.165, 1.54) is 7.05 Å². The van der Waals surface area contributed by atoms with Gasteiger partial charge in [0.05, 0.1) is 7.11 Å². The summed E-state index contributed by atoms with van der Waals surface area (Å²) < 4.78 is 5.05. The number of nitrogens with one attached hydrogen (secondary N) is 1. The number of hydrogen-bond donors (Lipinski definition) is 2. The van der Waals surface area contributed by atoms with Gasteiger partial charge in [0.25, 0.3) is 5.91 Å². The summed E-state index contributed by atoms with van der Waals surface area (Å²) in [6, 6.07) is 5.24. The zero-order valence-electron chi connectivity index (χ0n) is 9.91. The summed E-state index contributed by atoms with van der Waals surface area (Å²) in [6.07, 6.45) is 1.63. The Morgan fingerprint density at radius 1 is 1.50 bits per heavy atom. The lowest BCUT2D eigenvalue weighted by Crippen LogP contribution is -2.18. The van der Waals surface area contributed by atoms with Gasteiger partial charge in [-0.15, -0.1) is 0 Å². The Balaban J connectivity index is 0.00000106. The average molecular weight is 222 g/mol. The molecule has 1 aromatic rings. The van der Waals surface area contributed by atoms with Crippen LogP contribution >= 0.6 is 0 Å². The van der Waals surface area contributed by atoms with Crippen molar-refractivity contribution in [3.8, 4) is 5.75 Å². The van der Waals surface area contributed by atoms with E-state index in [1.54, 1.807) is 38.4 Å². The van der Waals surface area contributed by atoms with E-state index in [0.717, 1.165) is 5.56 Å². The first-order chi connectivity index (χ1) is 7.72. The van der Waals surface area contributed by atoms with E-state index in [-0.39, 0.29) is 5.91 Å². The quantitative estimate of drug-likeness (QED) is 0.809. The molecule has 0 aliphatic heterocycles. The third-order valence-electron chi connectivity index (χ3n) is 1.95. The van der Waals surface area contributed by atoms with Crippen LogP contribution in [0.15, 0.2) is 24.8 Å². The summed E-state index contributed by atoms with van der Waals surface area (Å²) >= 11 is 0. The van der Waals surface area contributed by atoms with Crippen LogP contribution in [0.5, 0.6) is 5.75 Å². The lowest BCUT2D eigenvalue weighted by Gasteiger charge is -2.06. The molecule has 1 aromatic carbocycles. The largest absolute Gasteiger partial charge is 0.497 e. The summed E-state index contributed by atoms with van der Waals surface area (Å²) in [5, 5.41) is 2.57. The van der Waals surface area contributed by atoms with Gasteiger partial charge in [-0.25, -0.2) is 0 Å². The van der Waals surface area contributed by atoms with Crippen molar-refractivity contribution in [3.05, 3.63) is 35.9 Å². The Hall–Kier alpha value is -1.81. The van der Waals surface area contributed by atoms with E-state index < -0.39 is 0 Å². The van der Waals surface area contributed by atoms with Gasteiger partial charge < -0.3 is 15.8 Å². The second kappa shape index (κ2) is 7.48. The van der Waals surface area contributed by atoms with Crippen LogP contribution in [0.4, 0.5) is 0 Å². The number of methoxy groups -OCH3 is 1. The minimum absolute atomic E-state index is 0.123. The van der Waals surface area contributed by atoms with Crippen LogP contribution in [0.2, 0.25) is 0 Å². The van der Waals surface area contributed by atoms with E-state index >= 15 is 0 Å². The second-order valence-corrected chi connectivity index (χ2v) is 2.74. The summed E-state index contributed by atoms with van der Waals surface area (Å²) in [7, 11) is 4.68. The number of hydrogen-bond acceptors (Lipinski definition) is 3. The van der Waals surface area contributed by atoms with Crippen molar-refractivity contribution in [3.63, 3.8) is 0 Å². The lowest BCUT2D eigenvalue weighted by molar-refractivity contribution is 0.0963. The Morgan fingerprint density at radius 2 is 2.12 bits per heavy atom. The van der Waals surface area contributed by atoms with Gasteiger partial charge in [-0.1, -0.05) is 12.7 Å². The minimum atomic E-state index is -0.123.